The van der Waals surface area contributed by atoms with E-state index in [1.54, 1.807) is 0 Å². The molecule has 0 atom stereocenters. The summed E-state index contributed by atoms with van der Waals surface area (Å²) in [5.41, 5.74) is -0.645. The lowest BCUT2D eigenvalue weighted by molar-refractivity contribution is 0.0690. The summed E-state index contributed by atoms with van der Waals surface area (Å²) in [5.74, 6) is -2.49. The fraction of sp³-hybridized carbons (Fsp3) is 0. The Morgan fingerprint density at radius 3 is 2.69 bits per heavy atom. The fourth-order valence-corrected chi connectivity index (χ4v) is 1.55. The molecule has 1 heterocycles. The number of nitrogens with zero attached hydrogens (tertiary/aromatic N) is 1. The predicted molar refractivity (Wildman–Crippen MR) is 55.3 cm³/mol. The van der Waals surface area contributed by atoms with Crippen molar-refractivity contribution < 1.29 is 19.4 Å². The molecule has 0 bridgehead atoms. The Hall–Kier alpha value is -1.88. The van der Waals surface area contributed by atoms with Gasteiger partial charge in [0, 0.05) is 16.5 Å². The number of aromatic hydroxyl groups is 1. The average molecular weight is 242 g/mol. The lowest BCUT2D eigenvalue weighted by Crippen LogP contribution is -2.01. The van der Waals surface area contributed by atoms with Crippen LogP contribution in [0.3, 0.4) is 0 Å². The van der Waals surface area contributed by atoms with Crippen LogP contribution in [-0.4, -0.2) is 21.2 Å². The summed E-state index contributed by atoms with van der Waals surface area (Å²) in [7, 11) is 0. The Morgan fingerprint density at radius 1 is 1.38 bits per heavy atom. The van der Waals surface area contributed by atoms with E-state index in [0.717, 1.165) is 12.1 Å². The zero-order chi connectivity index (χ0) is 11.9. The Labute approximate surface area is 93.9 Å². The maximum atomic E-state index is 13.4. The maximum Gasteiger partial charge on any atom is 0.354 e. The summed E-state index contributed by atoms with van der Waals surface area (Å²) < 4.78 is 13.4. The molecule has 1 aromatic carbocycles. The molecule has 6 heteroatoms. The summed E-state index contributed by atoms with van der Waals surface area (Å²) in [6.45, 7) is 0. The van der Waals surface area contributed by atoms with Crippen LogP contribution in [0.5, 0.6) is 5.75 Å². The summed E-state index contributed by atoms with van der Waals surface area (Å²) in [6.07, 6.45) is 0. The largest absolute Gasteiger partial charge is 0.507 e. The monoisotopic (exact) mass is 241 g/mol. The van der Waals surface area contributed by atoms with E-state index < -0.39 is 17.5 Å². The van der Waals surface area contributed by atoms with Gasteiger partial charge < -0.3 is 10.2 Å². The fourth-order valence-electron chi connectivity index (χ4n) is 1.34. The Kier molecular flexibility index (Phi) is 2.40. The molecule has 0 aliphatic carbocycles. The van der Waals surface area contributed by atoms with Gasteiger partial charge in [0.1, 0.15) is 11.3 Å². The number of carboxylic acid groups (broad SMARTS) is 1. The molecular weight excluding hydrogens is 237 g/mol. The van der Waals surface area contributed by atoms with E-state index in [1.165, 1.54) is 6.07 Å². The van der Waals surface area contributed by atoms with E-state index in [-0.39, 0.29) is 21.7 Å². The van der Waals surface area contributed by atoms with Gasteiger partial charge in [-0.2, -0.15) is 0 Å². The molecule has 0 saturated carbocycles. The van der Waals surface area contributed by atoms with Crippen LogP contribution in [0.4, 0.5) is 4.39 Å². The second kappa shape index (κ2) is 3.61. The highest BCUT2D eigenvalue weighted by Crippen LogP contribution is 2.29. The molecule has 82 valence electrons. The minimum Gasteiger partial charge on any atom is -0.507 e. The summed E-state index contributed by atoms with van der Waals surface area (Å²) in [6, 6.07) is 3.26. The maximum absolute atomic E-state index is 13.4. The number of rotatable bonds is 1. The summed E-state index contributed by atoms with van der Waals surface area (Å²) >= 11 is 5.60. The quantitative estimate of drug-likeness (QED) is 0.804. The second-order valence-corrected chi connectivity index (χ2v) is 3.55. The summed E-state index contributed by atoms with van der Waals surface area (Å²) in [5, 5.41) is 18.4. The minimum absolute atomic E-state index is 0.0787. The van der Waals surface area contributed by atoms with E-state index in [0.29, 0.717) is 0 Å². The number of aromatic carboxylic acids is 1. The Bertz CT molecular complexity index is 600. The van der Waals surface area contributed by atoms with E-state index in [1.807, 2.05) is 0 Å². The Morgan fingerprint density at radius 2 is 2.06 bits per heavy atom. The standard InChI is InChI=1S/C10H5ClFNO3/c11-4-1-5-8(14)3-7(10(15)16)13-9(5)6(12)2-4/h1-3H,(H,13,14)(H,15,16). The molecule has 0 spiro atoms. The van der Waals surface area contributed by atoms with Crippen molar-refractivity contribution in [2.75, 3.05) is 0 Å². The third-order valence-corrected chi connectivity index (χ3v) is 2.25. The smallest absolute Gasteiger partial charge is 0.354 e. The minimum atomic E-state index is -1.34. The van der Waals surface area contributed by atoms with Gasteiger partial charge >= 0.3 is 5.97 Å². The molecule has 4 nitrogen and oxygen atoms in total. The highest BCUT2D eigenvalue weighted by molar-refractivity contribution is 6.31. The van der Waals surface area contributed by atoms with Crippen LogP contribution in [-0.2, 0) is 0 Å². The van der Waals surface area contributed by atoms with Gasteiger partial charge in [-0.1, -0.05) is 11.6 Å². The number of halogens is 2. The first-order chi connectivity index (χ1) is 7.49. The highest BCUT2D eigenvalue weighted by Gasteiger charge is 2.13. The number of hydrogen-bond donors (Lipinski definition) is 2. The first-order valence-corrected chi connectivity index (χ1v) is 4.59. The van der Waals surface area contributed by atoms with Gasteiger partial charge in [0.2, 0.25) is 0 Å². The van der Waals surface area contributed by atoms with E-state index in [4.69, 9.17) is 16.7 Å². The molecule has 0 aliphatic rings. The number of benzene rings is 1. The lowest BCUT2D eigenvalue weighted by atomic mass is 10.1. The number of aromatic nitrogens is 1. The number of fused-ring (bicyclic) bond motifs is 1. The van der Waals surface area contributed by atoms with Gasteiger partial charge in [-0.25, -0.2) is 14.2 Å². The second-order valence-electron chi connectivity index (χ2n) is 3.12. The van der Waals surface area contributed by atoms with Crippen LogP contribution in [0.1, 0.15) is 10.5 Å². The molecule has 16 heavy (non-hydrogen) atoms. The molecule has 2 N–H and O–H groups in total. The van der Waals surface area contributed by atoms with Crippen molar-refractivity contribution in [2.45, 2.75) is 0 Å². The van der Waals surface area contributed by atoms with Crippen molar-refractivity contribution in [3.8, 4) is 5.75 Å². The van der Waals surface area contributed by atoms with Gasteiger partial charge in [0.05, 0.1) is 0 Å². The molecule has 1 aromatic heterocycles. The summed E-state index contributed by atoms with van der Waals surface area (Å²) in [4.78, 5) is 14.2. The zero-order valence-electron chi connectivity index (χ0n) is 7.74. The van der Waals surface area contributed by atoms with E-state index >= 15 is 0 Å². The average Bonchev–Trinajstić information content (AvgIpc) is 2.19. The van der Waals surface area contributed by atoms with Gasteiger partial charge in [0.25, 0.3) is 0 Å². The van der Waals surface area contributed by atoms with Crippen molar-refractivity contribution in [3.05, 3.63) is 34.7 Å². The van der Waals surface area contributed by atoms with Crippen LogP contribution < -0.4 is 0 Å². The molecule has 2 rings (SSSR count). The first-order valence-electron chi connectivity index (χ1n) is 4.21. The highest BCUT2D eigenvalue weighted by atomic mass is 35.5. The molecule has 2 aromatic rings. The third kappa shape index (κ3) is 1.65. The van der Waals surface area contributed by atoms with E-state index in [2.05, 4.69) is 4.98 Å². The van der Waals surface area contributed by atoms with E-state index in [9.17, 15) is 14.3 Å². The topological polar surface area (TPSA) is 70.4 Å². The number of carboxylic acids is 1. The van der Waals surface area contributed by atoms with Crippen molar-refractivity contribution in [2.24, 2.45) is 0 Å². The van der Waals surface area contributed by atoms with Crippen LogP contribution >= 0.6 is 11.6 Å². The molecule has 0 aliphatic heterocycles. The third-order valence-electron chi connectivity index (χ3n) is 2.03. The lowest BCUT2D eigenvalue weighted by Gasteiger charge is -2.04. The molecule has 0 fully saturated rings. The normalized spacial score (nSPS) is 10.6. The van der Waals surface area contributed by atoms with Gasteiger partial charge in [-0.15, -0.1) is 0 Å². The van der Waals surface area contributed by atoms with Crippen LogP contribution in [0.15, 0.2) is 18.2 Å². The molecule has 0 saturated heterocycles. The van der Waals surface area contributed by atoms with Crippen LogP contribution in [0.2, 0.25) is 5.02 Å². The predicted octanol–water partition coefficient (Wildman–Crippen LogP) is 2.43. The van der Waals surface area contributed by atoms with Crippen molar-refractivity contribution >= 4 is 28.5 Å². The zero-order valence-corrected chi connectivity index (χ0v) is 8.49. The Balaban J connectivity index is 2.87. The SMILES string of the molecule is O=C(O)c1cc(O)c2cc(Cl)cc(F)c2n1. The van der Waals surface area contributed by atoms with Gasteiger partial charge in [-0.3, -0.25) is 0 Å². The molecule has 0 radical (unpaired) electrons. The van der Waals surface area contributed by atoms with Gasteiger partial charge in [-0.05, 0) is 12.1 Å². The number of carbonyl (C=O) groups is 1. The molecule has 0 amide bonds. The first kappa shape index (κ1) is 10.6. The van der Waals surface area contributed by atoms with Crippen molar-refractivity contribution in [1.82, 2.24) is 4.98 Å². The van der Waals surface area contributed by atoms with Gasteiger partial charge in [0.15, 0.2) is 11.5 Å². The molecular formula is C10H5ClFNO3. The van der Waals surface area contributed by atoms with Crippen LogP contribution in [0, 0.1) is 5.82 Å². The van der Waals surface area contributed by atoms with Crippen LogP contribution in [0.25, 0.3) is 10.9 Å². The van der Waals surface area contributed by atoms with Crippen molar-refractivity contribution in [3.63, 3.8) is 0 Å². The molecule has 0 unspecified atom stereocenters. The number of hydrogen-bond acceptors (Lipinski definition) is 3. The number of pyridine rings is 1. The van der Waals surface area contributed by atoms with Crippen molar-refractivity contribution in [1.29, 1.82) is 0 Å².